The Balaban J connectivity index is 1.34. The summed E-state index contributed by atoms with van der Waals surface area (Å²) in [5.74, 6) is -0.362. The first kappa shape index (κ1) is 21.4. The smallest absolute Gasteiger partial charge is 0.407 e. The number of fused-ring (bicyclic) bond motifs is 1. The number of carbonyl (C=O) groups excluding carboxylic acids is 4. The largest absolute Gasteiger partial charge is 0.496 e. The molecule has 9 heteroatoms. The third-order valence-corrected chi connectivity index (χ3v) is 5.58. The van der Waals surface area contributed by atoms with E-state index in [0.29, 0.717) is 29.8 Å². The van der Waals surface area contributed by atoms with E-state index in [0.717, 1.165) is 11.1 Å². The zero-order chi connectivity index (χ0) is 22.7. The van der Waals surface area contributed by atoms with E-state index in [1.165, 1.54) is 4.90 Å². The van der Waals surface area contributed by atoms with Crippen molar-refractivity contribution in [3.8, 4) is 5.75 Å². The van der Waals surface area contributed by atoms with Gasteiger partial charge in [0.1, 0.15) is 18.4 Å². The number of hydrogen-bond donors (Lipinski definition) is 2. The molecule has 2 aromatic rings. The van der Waals surface area contributed by atoms with Gasteiger partial charge >= 0.3 is 6.09 Å². The van der Waals surface area contributed by atoms with E-state index in [1.54, 1.807) is 25.3 Å². The summed E-state index contributed by atoms with van der Waals surface area (Å²) in [6, 6.07) is 12.0. The van der Waals surface area contributed by atoms with Crippen LogP contribution in [0.2, 0.25) is 0 Å². The molecule has 0 radical (unpaired) electrons. The summed E-state index contributed by atoms with van der Waals surface area (Å²) in [4.78, 5) is 49.9. The second-order valence-corrected chi connectivity index (χ2v) is 7.63. The highest BCUT2D eigenvalue weighted by atomic mass is 16.5. The van der Waals surface area contributed by atoms with Crippen LogP contribution in [0.15, 0.2) is 42.5 Å². The van der Waals surface area contributed by atoms with E-state index < -0.39 is 18.0 Å². The number of ether oxygens (including phenoxy) is 2. The third kappa shape index (κ3) is 4.41. The molecule has 0 spiro atoms. The van der Waals surface area contributed by atoms with E-state index in [1.807, 2.05) is 24.3 Å². The number of rotatable bonds is 6. The van der Waals surface area contributed by atoms with Gasteiger partial charge in [-0.1, -0.05) is 30.3 Å². The Labute approximate surface area is 184 Å². The number of nitrogens with one attached hydrogen (secondary N) is 2. The van der Waals surface area contributed by atoms with Gasteiger partial charge in [0.25, 0.3) is 5.91 Å². The molecule has 0 aromatic heterocycles. The molecule has 2 N–H and O–H groups in total. The maximum Gasteiger partial charge on any atom is 0.407 e. The summed E-state index contributed by atoms with van der Waals surface area (Å²) in [6.07, 6.45) is -0.0697. The summed E-state index contributed by atoms with van der Waals surface area (Å²) in [7, 11) is 1.56. The van der Waals surface area contributed by atoms with Crippen LogP contribution < -0.4 is 15.4 Å². The van der Waals surface area contributed by atoms with Crippen LogP contribution in [0, 0.1) is 0 Å². The van der Waals surface area contributed by atoms with E-state index in [4.69, 9.17) is 9.47 Å². The topological polar surface area (TPSA) is 114 Å². The monoisotopic (exact) mass is 437 g/mol. The van der Waals surface area contributed by atoms with Crippen molar-refractivity contribution in [1.82, 2.24) is 15.5 Å². The van der Waals surface area contributed by atoms with E-state index >= 15 is 0 Å². The van der Waals surface area contributed by atoms with Gasteiger partial charge in [-0.2, -0.15) is 0 Å². The van der Waals surface area contributed by atoms with Gasteiger partial charge in [-0.25, -0.2) is 4.79 Å². The van der Waals surface area contributed by atoms with E-state index in [-0.39, 0.29) is 31.4 Å². The molecule has 0 aliphatic carbocycles. The molecule has 2 aliphatic rings. The maximum atomic E-state index is 12.9. The Bertz CT molecular complexity index is 1080. The molecular formula is C23H23N3O6. The lowest BCUT2D eigenvalue weighted by Gasteiger charge is -2.29. The summed E-state index contributed by atoms with van der Waals surface area (Å²) in [6.45, 7) is 0.560. The van der Waals surface area contributed by atoms with Gasteiger partial charge < -0.3 is 19.7 Å². The number of carbonyl (C=O) groups is 4. The van der Waals surface area contributed by atoms with Crippen molar-refractivity contribution in [2.75, 3.05) is 7.11 Å². The van der Waals surface area contributed by atoms with Gasteiger partial charge in [0.2, 0.25) is 11.8 Å². The lowest BCUT2D eigenvalue weighted by atomic mass is 10.0. The van der Waals surface area contributed by atoms with Crippen LogP contribution in [-0.4, -0.2) is 41.9 Å². The van der Waals surface area contributed by atoms with Crippen molar-refractivity contribution >= 4 is 23.8 Å². The predicted octanol–water partition coefficient (Wildman–Crippen LogP) is 1.88. The fourth-order valence-electron chi connectivity index (χ4n) is 3.91. The Morgan fingerprint density at radius 1 is 1.19 bits per heavy atom. The molecule has 2 aromatic carbocycles. The van der Waals surface area contributed by atoms with Gasteiger partial charge in [-0.05, 0) is 29.7 Å². The number of imide groups is 1. The zero-order valence-electron chi connectivity index (χ0n) is 17.6. The van der Waals surface area contributed by atoms with Crippen LogP contribution in [0.3, 0.4) is 0 Å². The van der Waals surface area contributed by atoms with Crippen molar-refractivity contribution < 1.29 is 28.7 Å². The quantitative estimate of drug-likeness (QED) is 0.667. The predicted molar refractivity (Wildman–Crippen MR) is 113 cm³/mol. The van der Waals surface area contributed by atoms with Gasteiger partial charge in [0.05, 0.1) is 7.11 Å². The number of benzene rings is 2. The third-order valence-electron chi connectivity index (χ3n) is 5.58. The van der Waals surface area contributed by atoms with Crippen molar-refractivity contribution in [3.05, 3.63) is 64.7 Å². The van der Waals surface area contributed by atoms with E-state index in [2.05, 4.69) is 10.6 Å². The highest BCUT2D eigenvalue weighted by Gasteiger charge is 2.39. The Kier molecular flexibility index (Phi) is 6.07. The molecule has 2 heterocycles. The minimum Gasteiger partial charge on any atom is -0.496 e. The minimum atomic E-state index is -0.659. The fourth-order valence-corrected chi connectivity index (χ4v) is 3.91. The number of amides is 4. The lowest BCUT2D eigenvalue weighted by Crippen LogP contribution is -2.52. The molecule has 1 unspecified atom stereocenters. The van der Waals surface area contributed by atoms with Gasteiger partial charge in [0.15, 0.2) is 0 Å². The van der Waals surface area contributed by atoms with Crippen molar-refractivity contribution in [2.45, 2.75) is 38.6 Å². The van der Waals surface area contributed by atoms with Crippen molar-refractivity contribution in [3.63, 3.8) is 0 Å². The molecule has 0 bridgehead atoms. The van der Waals surface area contributed by atoms with Crippen molar-refractivity contribution in [2.24, 2.45) is 0 Å². The second-order valence-electron chi connectivity index (χ2n) is 7.63. The average Bonchev–Trinajstić information content (AvgIpc) is 3.12. The van der Waals surface area contributed by atoms with Crippen LogP contribution in [0.4, 0.5) is 4.79 Å². The van der Waals surface area contributed by atoms with Gasteiger partial charge in [-0.3, -0.25) is 19.7 Å². The zero-order valence-corrected chi connectivity index (χ0v) is 17.6. The molecule has 1 saturated heterocycles. The fraction of sp³-hybridized carbons (Fsp3) is 0.304. The normalized spacial score (nSPS) is 17.6. The van der Waals surface area contributed by atoms with Gasteiger partial charge in [0, 0.05) is 30.6 Å². The highest BCUT2D eigenvalue weighted by molar-refractivity contribution is 6.05. The minimum absolute atomic E-state index is 0.00324. The molecule has 0 saturated carbocycles. The first-order valence-corrected chi connectivity index (χ1v) is 10.2. The molecule has 1 atom stereocenters. The number of alkyl carbamates (subject to hydrolysis) is 1. The van der Waals surface area contributed by atoms with Crippen LogP contribution >= 0.6 is 0 Å². The standard InChI is InChI=1S/C23H23N3O6/c1-31-19-5-3-2-4-15(19)11-24-23(30)32-13-14-6-7-16-12-26(22(29)17(16)10-14)18-8-9-20(27)25-21(18)28/h2-7,10,18H,8-9,11-13H2,1H3,(H,24,30)(H,25,27,28). The second kappa shape index (κ2) is 9.09. The number of nitrogens with zero attached hydrogens (tertiary/aromatic N) is 1. The SMILES string of the molecule is COc1ccccc1CNC(=O)OCc1ccc2c(c1)C(=O)N(C1CCC(=O)NC1=O)C2. The van der Waals surface area contributed by atoms with Crippen LogP contribution in [0.5, 0.6) is 5.75 Å². The first-order valence-electron chi connectivity index (χ1n) is 10.2. The Morgan fingerprint density at radius 3 is 2.78 bits per heavy atom. The summed E-state index contributed by atoms with van der Waals surface area (Å²) in [5, 5.41) is 4.96. The molecule has 32 heavy (non-hydrogen) atoms. The van der Waals surface area contributed by atoms with Crippen LogP contribution in [-0.2, 0) is 34.0 Å². The molecule has 9 nitrogen and oxygen atoms in total. The number of para-hydroxylation sites is 1. The highest BCUT2D eigenvalue weighted by Crippen LogP contribution is 2.28. The van der Waals surface area contributed by atoms with Crippen molar-refractivity contribution in [1.29, 1.82) is 0 Å². The number of hydrogen-bond acceptors (Lipinski definition) is 6. The number of methoxy groups -OCH3 is 1. The lowest BCUT2D eigenvalue weighted by molar-refractivity contribution is -0.136. The van der Waals surface area contributed by atoms with Crippen LogP contribution in [0.25, 0.3) is 0 Å². The Hall–Kier alpha value is -3.88. The molecule has 1 fully saturated rings. The maximum absolute atomic E-state index is 12.9. The first-order chi connectivity index (χ1) is 15.5. The molecular weight excluding hydrogens is 414 g/mol. The average molecular weight is 437 g/mol. The van der Waals surface area contributed by atoms with E-state index in [9.17, 15) is 19.2 Å². The molecule has 2 aliphatic heterocycles. The summed E-state index contributed by atoms with van der Waals surface area (Å²) < 4.78 is 10.5. The number of piperidine rings is 1. The Morgan fingerprint density at radius 2 is 2.00 bits per heavy atom. The molecule has 4 rings (SSSR count). The molecule has 166 valence electrons. The summed E-state index contributed by atoms with van der Waals surface area (Å²) in [5.41, 5.74) is 2.76. The molecule has 4 amide bonds. The summed E-state index contributed by atoms with van der Waals surface area (Å²) >= 11 is 0. The van der Waals surface area contributed by atoms with Gasteiger partial charge in [-0.15, -0.1) is 0 Å². The van der Waals surface area contributed by atoms with Crippen LogP contribution in [0.1, 0.15) is 39.9 Å².